The zero-order chi connectivity index (χ0) is 28.1. The Morgan fingerprint density at radius 3 is 2.32 bits per heavy atom. The van der Waals surface area contributed by atoms with Crippen molar-refractivity contribution in [1.82, 2.24) is 10.2 Å². The van der Waals surface area contributed by atoms with Gasteiger partial charge in [0.15, 0.2) is 0 Å². The Balaban J connectivity index is 1.95. The van der Waals surface area contributed by atoms with E-state index in [0.717, 1.165) is 55.2 Å². The maximum atomic E-state index is 13.7. The topological polar surface area (TPSA) is 86.8 Å². The third-order valence-electron chi connectivity index (χ3n) is 6.66. The Kier molecular flexibility index (Phi) is 9.45. The summed E-state index contributed by atoms with van der Waals surface area (Å²) in [6.45, 7) is 2.94. The lowest BCUT2D eigenvalue weighted by molar-refractivity contribution is -0.140. The Labute approximate surface area is 222 Å². The molecule has 1 aliphatic rings. The second-order valence-electron chi connectivity index (χ2n) is 9.74. The van der Waals surface area contributed by atoms with E-state index in [1.807, 2.05) is 25.1 Å². The molecule has 11 heteroatoms. The second kappa shape index (κ2) is 12.2. The van der Waals surface area contributed by atoms with Gasteiger partial charge in [-0.05, 0) is 49.9 Å². The number of sulfonamides is 1. The van der Waals surface area contributed by atoms with Crippen molar-refractivity contribution in [3.05, 3.63) is 65.2 Å². The number of carbonyl (C=O) groups excluding carboxylic acids is 2. The molecule has 7 nitrogen and oxygen atoms in total. The third-order valence-corrected chi connectivity index (χ3v) is 7.80. The monoisotopic (exact) mass is 553 g/mol. The van der Waals surface area contributed by atoms with E-state index in [1.165, 1.54) is 11.0 Å². The van der Waals surface area contributed by atoms with Gasteiger partial charge in [0.05, 0.1) is 17.5 Å². The number of carbonyl (C=O) groups is 2. The first-order valence-electron chi connectivity index (χ1n) is 12.6. The predicted molar refractivity (Wildman–Crippen MR) is 140 cm³/mol. The molecule has 0 saturated heterocycles. The molecule has 2 aromatic carbocycles. The van der Waals surface area contributed by atoms with Gasteiger partial charge < -0.3 is 10.2 Å². The highest BCUT2D eigenvalue weighted by Gasteiger charge is 2.35. The number of nitrogens with one attached hydrogen (secondary N) is 1. The van der Waals surface area contributed by atoms with E-state index in [4.69, 9.17) is 0 Å². The number of hydrogen-bond acceptors (Lipinski definition) is 4. The largest absolute Gasteiger partial charge is 0.416 e. The van der Waals surface area contributed by atoms with Crippen LogP contribution in [0.1, 0.15) is 55.7 Å². The number of nitrogens with zero attached hydrogens (tertiary/aromatic N) is 2. The van der Waals surface area contributed by atoms with Crippen LogP contribution in [0.4, 0.5) is 18.9 Å². The molecule has 0 aliphatic heterocycles. The first-order valence-corrected chi connectivity index (χ1v) is 14.4. The maximum Gasteiger partial charge on any atom is 0.416 e. The van der Waals surface area contributed by atoms with Gasteiger partial charge >= 0.3 is 6.18 Å². The molecule has 3 rings (SSSR count). The smallest absolute Gasteiger partial charge is 0.352 e. The Bertz CT molecular complexity index is 1240. The molecule has 0 radical (unpaired) electrons. The summed E-state index contributed by atoms with van der Waals surface area (Å²) in [7, 11) is -4.14. The molecule has 1 unspecified atom stereocenters. The second-order valence-corrected chi connectivity index (χ2v) is 11.6. The van der Waals surface area contributed by atoms with Gasteiger partial charge in [0, 0.05) is 12.6 Å². The van der Waals surface area contributed by atoms with Gasteiger partial charge in [0.25, 0.3) is 0 Å². The Hall–Kier alpha value is -3.08. The first-order chi connectivity index (χ1) is 17.8. The van der Waals surface area contributed by atoms with Crippen LogP contribution in [-0.4, -0.2) is 50.0 Å². The molecule has 1 fully saturated rings. The van der Waals surface area contributed by atoms with E-state index in [1.54, 1.807) is 13.0 Å². The summed E-state index contributed by atoms with van der Waals surface area (Å²) in [5.74, 6) is -1.02. The molecule has 2 aromatic rings. The van der Waals surface area contributed by atoms with Gasteiger partial charge in [0.1, 0.15) is 12.6 Å². The molecular formula is C27H34F3N3O4S. The minimum atomic E-state index is -4.69. The van der Waals surface area contributed by atoms with Crippen LogP contribution in [0.2, 0.25) is 0 Å². The van der Waals surface area contributed by atoms with Crippen molar-refractivity contribution >= 4 is 27.5 Å². The maximum absolute atomic E-state index is 13.7. The first kappa shape index (κ1) is 29.5. The lowest BCUT2D eigenvalue weighted by Gasteiger charge is -2.33. The van der Waals surface area contributed by atoms with Crippen molar-refractivity contribution < 1.29 is 31.2 Å². The summed E-state index contributed by atoms with van der Waals surface area (Å²) in [5, 5.41) is 3.01. The number of rotatable bonds is 10. The van der Waals surface area contributed by atoms with Crippen LogP contribution in [0.25, 0.3) is 0 Å². The average Bonchev–Trinajstić information content (AvgIpc) is 3.34. The van der Waals surface area contributed by atoms with Crippen LogP contribution < -0.4 is 9.62 Å². The van der Waals surface area contributed by atoms with Gasteiger partial charge in [-0.25, -0.2) is 8.42 Å². The van der Waals surface area contributed by atoms with Crippen LogP contribution in [0, 0.1) is 6.92 Å². The highest BCUT2D eigenvalue weighted by molar-refractivity contribution is 7.92. The zero-order valence-electron chi connectivity index (χ0n) is 21.8. The normalized spacial score (nSPS) is 15.2. The molecule has 0 spiro atoms. The summed E-state index contributed by atoms with van der Waals surface area (Å²) in [6, 6.07) is 10.3. The number of benzene rings is 2. The number of amides is 2. The van der Waals surface area contributed by atoms with Crippen molar-refractivity contribution in [1.29, 1.82) is 0 Å². The third kappa shape index (κ3) is 7.72. The fourth-order valence-electron chi connectivity index (χ4n) is 4.75. The van der Waals surface area contributed by atoms with Crippen LogP contribution in [0.15, 0.2) is 48.5 Å². The minimum absolute atomic E-state index is 0.0186. The van der Waals surface area contributed by atoms with Crippen molar-refractivity contribution in [3.8, 4) is 0 Å². The summed E-state index contributed by atoms with van der Waals surface area (Å²) in [4.78, 5) is 28.3. The van der Waals surface area contributed by atoms with E-state index in [0.29, 0.717) is 10.4 Å². The lowest BCUT2D eigenvalue weighted by atomic mass is 10.1. The molecule has 208 valence electrons. The van der Waals surface area contributed by atoms with E-state index in [9.17, 15) is 31.2 Å². The average molecular weight is 554 g/mol. The molecule has 0 aromatic heterocycles. The molecule has 1 aliphatic carbocycles. The highest BCUT2D eigenvalue weighted by Crippen LogP contribution is 2.32. The fourth-order valence-corrected chi connectivity index (χ4v) is 5.59. The molecular weight excluding hydrogens is 519 g/mol. The summed E-state index contributed by atoms with van der Waals surface area (Å²) in [6.07, 6.45) is 0.138. The van der Waals surface area contributed by atoms with Crippen LogP contribution in [-0.2, 0) is 32.3 Å². The van der Waals surface area contributed by atoms with Crippen molar-refractivity contribution in [2.75, 3.05) is 17.1 Å². The van der Waals surface area contributed by atoms with Crippen molar-refractivity contribution in [3.63, 3.8) is 0 Å². The number of halogens is 3. The minimum Gasteiger partial charge on any atom is -0.352 e. The molecule has 1 saturated carbocycles. The van der Waals surface area contributed by atoms with E-state index in [-0.39, 0.29) is 30.6 Å². The summed E-state index contributed by atoms with van der Waals surface area (Å²) >= 11 is 0. The van der Waals surface area contributed by atoms with Gasteiger partial charge in [-0.2, -0.15) is 13.2 Å². The highest BCUT2D eigenvalue weighted by atomic mass is 32.2. The number of alkyl halides is 3. The number of hydrogen-bond donors (Lipinski definition) is 1. The van der Waals surface area contributed by atoms with Crippen molar-refractivity contribution in [2.24, 2.45) is 0 Å². The van der Waals surface area contributed by atoms with Gasteiger partial charge in [-0.3, -0.25) is 13.9 Å². The molecule has 1 N–H and O–H groups in total. The predicted octanol–water partition coefficient (Wildman–Crippen LogP) is 4.65. The quantitative estimate of drug-likeness (QED) is 0.464. The van der Waals surface area contributed by atoms with Crippen LogP contribution >= 0.6 is 0 Å². The van der Waals surface area contributed by atoms with E-state index < -0.39 is 40.3 Å². The van der Waals surface area contributed by atoms with Crippen molar-refractivity contribution in [2.45, 2.75) is 70.8 Å². The SMILES string of the molecule is CCC(C(=O)NC1CCCC1)N(Cc1cccc(C)c1)C(=O)CN(c1cccc(C(F)(F)F)c1)S(C)(=O)=O. The molecule has 0 heterocycles. The standard InChI is InChI=1S/C27H34F3N3O4S/c1-4-24(26(35)31-22-12-5-6-13-22)32(17-20-10-7-9-19(2)15-20)25(34)18-33(38(3,36)37)23-14-8-11-21(16-23)27(28,29)30/h7-11,14-16,22,24H,4-6,12-13,17-18H2,1-3H3,(H,31,35). The lowest BCUT2D eigenvalue weighted by Crippen LogP contribution is -2.53. The fraction of sp³-hybridized carbons (Fsp3) is 0.481. The van der Waals surface area contributed by atoms with Gasteiger partial charge in [-0.15, -0.1) is 0 Å². The number of anilines is 1. The summed E-state index contributed by atoms with van der Waals surface area (Å²) in [5.41, 5.74) is 0.375. The Morgan fingerprint density at radius 1 is 1.08 bits per heavy atom. The molecule has 2 amide bonds. The molecule has 38 heavy (non-hydrogen) atoms. The zero-order valence-corrected chi connectivity index (χ0v) is 22.6. The summed E-state index contributed by atoms with van der Waals surface area (Å²) < 4.78 is 65.9. The number of aryl methyl sites for hydroxylation is 1. The van der Waals surface area contributed by atoms with Gasteiger partial charge in [-0.1, -0.05) is 55.7 Å². The van der Waals surface area contributed by atoms with Crippen LogP contribution in [0.3, 0.4) is 0 Å². The van der Waals surface area contributed by atoms with E-state index >= 15 is 0 Å². The molecule has 0 bridgehead atoms. The van der Waals surface area contributed by atoms with Crippen LogP contribution in [0.5, 0.6) is 0 Å². The van der Waals surface area contributed by atoms with E-state index in [2.05, 4.69) is 5.32 Å². The Morgan fingerprint density at radius 2 is 1.74 bits per heavy atom. The molecule has 1 atom stereocenters. The van der Waals surface area contributed by atoms with Gasteiger partial charge in [0.2, 0.25) is 21.8 Å².